The number of anilines is 1. The van der Waals surface area contributed by atoms with Crippen LogP contribution in [0.25, 0.3) is 10.9 Å². The number of methoxy groups -OCH3 is 1. The number of hydrogen-bond acceptors (Lipinski definition) is 6. The summed E-state index contributed by atoms with van der Waals surface area (Å²) in [5, 5.41) is 13.8. The van der Waals surface area contributed by atoms with Crippen LogP contribution in [0, 0.1) is 17.7 Å². The number of aliphatic hydroxyl groups excluding tert-OH is 1. The van der Waals surface area contributed by atoms with Crippen molar-refractivity contribution in [2.24, 2.45) is 7.05 Å². The second-order valence-electron chi connectivity index (χ2n) is 10.1. The molecule has 2 heterocycles. The van der Waals surface area contributed by atoms with Crippen molar-refractivity contribution in [1.29, 1.82) is 0 Å². The summed E-state index contributed by atoms with van der Waals surface area (Å²) in [4.78, 5) is 2.02. The van der Waals surface area contributed by atoms with Gasteiger partial charge < -0.3 is 24.6 Å². The van der Waals surface area contributed by atoms with Crippen molar-refractivity contribution in [1.82, 2.24) is 9.47 Å². The molecule has 1 aliphatic rings. The molecule has 0 radical (unpaired) electrons. The number of nitrogens with zero attached hydrogens (tertiary/aromatic N) is 2. The van der Waals surface area contributed by atoms with Crippen molar-refractivity contribution in [3.8, 4) is 17.6 Å². The standard InChI is InChI=1S/C28H31F4N3O4S/c1-34-11-9-19(26(36)16-34)20-14-24-21(13-22(20)29)18(25(35(24)2)15-28(30,31)32)6-5-10-33-23-8-7-17(40(4,37)38)12-27(23)39-3/h7-8,12-14,19,26,33,36H,9-11,15-16H2,1-4H3/t19-,26+/m0/s1. The summed E-state index contributed by atoms with van der Waals surface area (Å²) in [6.07, 6.45) is -4.96. The number of nitrogens with one attached hydrogen (secondary N) is 1. The number of likely N-dealkylation sites (N-methyl/N-ethyl adjacent to an activating group) is 1. The van der Waals surface area contributed by atoms with E-state index in [0.717, 1.165) is 6.26 Å². The molecule has 0 aliphatic carbocycles. The molecular weight excluding hydrogens is 550 g/mol. The van der Waals surface area contributed by atoms with Gasteiger partial charge in [0.15, 0.2) is 9.84 Å². The number of likely N-dealkylation sites (tertiary alicyclic amines) is 1. The van der Waals surface area contributed by atoms with E-state index in [4.69, 9.17) is 4.74 Å². The highest BCUT2D eigenvalue weighted by Gasteiger charge is 2.33. The van der Waals surface area contributed by atoms with Gasteiger partial charge in [0.25, 0.3) is 0 Å². The zero-order valence-electron chi connectivity index (χ0n) is 22.6. The van der Waals surface area contributed by atoms with Crippen molar-refractivity contribution < 1.29 is 35.8 Å². The number of benzene rings is 2. The molecule has 1 saturated heterocycles. The molecule has 1 fully saturated rings. The molecule has 40 heavy (non-hydrogen) atoms. The predicted molar refractivity (Wildman–Crippen MR) is 145 cm³/mol. The van der Waals surface area contributed by atoms with Crippen LogP contribution >= 0.6 is 0 Å². The molecule has 1 aliphatic heterocycles. The normalized spacial score (nSPS) is 18.4. The molecule has 4 rings (SSSR count). The molecule has 2 N–H and O–H groups in total. The highest BCUT2D eigenvalue weighted by molar-refractivity contribution is 7.90. The van der Waals surface area contributed by atoms with Crippen LogP contribution in [0.3, 0.4) is 0 Å². The molecule has 0 unspecified atom stereocenters. The number of aliphatic hydroxyl groups is 1. The number of alkyl halides is 3. The Kier molecular flexibility index (Phi) is 8.40. The fraction of sp³-hybridized carbons (Fsp3) is 0.429. The van der Waals surface area contributed by atoms with E-state index in [-0.39, 0.29) is 39.4 Å². The lowest BCUT2D eigenvalue weighted by Crippen LogP contribution is -2.40. The van der Waals surface area contributed by atoms with Gasteiger partial charge in [-0.15, -0.1) is 0 Å². The molecule has 0 amide bonds. The Balaban J connectivity index is 1.70. The van der Waals surface area contributed by atoms with Crippen LogP contribution in [0.4, 0.5) is 23.2 Å². The Morgan fingerprint density at radius 3 is 2.55 bits per heavy atom. The summed E-state index contributed by atoms with van der Waals surface area (Å²) in [6, 6.07) is 7.01. The Morgan fingerprint density at radius 1 is 1.20 bits per heavy atom. The van der Waals surface area contributed by atoms with Gasteiger partial charge in [-0.2, -0.15) is 13.2 Å². The van der Waals surface area contributed by atoms with Gasteiger partial charge in [-0.3, -0.25) is 0 Å². The number of β-amino-alcohol motifs (C(OH)–C–C–N with tert-alkyl or cyclic N) is 1. The van der Waals surface area contributed by atoms with E-state index in [1.54, 1.807) is 0 Å². The largest absolute Gasteiger partial charge is 0.495 e. The number of piperidine rings is 1. The lowest BCUT2D eigenvalue weighted by molar-refractivity contribution is -0.128. The Hall–Kier alpha value is -3.27. The number of halogens is 4. The predicted octanol–water partition coefficient (Wildman–Crippen LogP) is 4.08. The van der Waals surface area contributed by atoms with E-state index < -0.39 is 40.3 Å². The van der Waals surface area contributed by atoms with Gasteiger partial charge in [0.1, 0.15) is 11.6 Å². The van der Waals surface area contributed by atoms with Crippen LogP contribution in [-0.4, -0.2) is 75.3 Å². The minimum atomic E-state index is -4.52. The first kappa shape index (κ1) is 29.7. The molecule has 7 nitrogen and oxygen atoms in total. The van der Waals surface area contributed by atoms with Crippen molar-refractivity contribution >= 4 is 26.4 Å². The molecular formula is C28H31F4N3O4S. The zero-order valence-corrected chi connectivity index (χ0v) is 23.4. The van der Waals surface area contributed by atoms with E-state index >= 15 is 4.39 Å². The second kappa shape index (κ2) is 11.3. The summed E-state index contributed by atoms with van der Waals surface area (Å²) in [5.74, 6) is 4.79. The number of fused-ring (bicyclic) bond motifs is 1. The lowest BCUT2D eigenvalue weighted by Gasteiger charge is -2.34. The first-order valence-electron chi connectivity index (χ1n) is 12.5. The molecule has 12 heteroatoms. The van der Waals surface area contributed by atoms with E-state index in [2.05, 4.69) is 17.2 Å². The third-order valence-electron chi connectivity index (χ3n) is 7.17. The highest BCUT2D eigenvalue weighted by atomic mass is 32.2. The van der Waals surface area contributed by atoms with Gasteiger partial charge in [-0.25, -0.2) is 12.8 Å². The third-order valence-corrected chi connectivity index (χ3v) is 8.28. The SMILES string of the molecule is COc1cc(S(C)(=O)=O)ccc1NCC#Cc1c(CC(F)(F)F)n(C)c2cc([C@@H]3CCN(C)C[C@H]3O)c(F)cc12. The van der Waals surface area contributed by atoms with Crippen LogP contribution in [0.1, 0.15) is 29.2 Å². The number of hydrogen-bond donors (Lipinski definition) is 2. The summed E-state index contributed by atoms with van der Waals surface area (Å²) in [7, 11) is 1.29. The number of sulfone groups is 1. The fourth-order valence-corrected chi connectivity index (χ4v) is 5.75. The number of aromatic nitrogens is 1. The Morgan fingerprint density at radius 2 is 1.93 bits per heavy atom. The average Bonchev–Trinajstić information content (AvgIpc) is 3.09. The maximum atomic E-state index is 15.4. The molecule has 0 spiro atoms. The molecule has 2 aromatic carbocycles. The van der Waals surface area contributed by atoms with Crippen LogP contribution in [0.15, 0.2) is 35.2 Å². The van der Waals surface area contributed by atoms with E-state index in [1.807, 2.05) is 11.9 Å². The van der Waals surface area contributed by atoms with Crippen LogP contribution in [-0.2, 0) is 23.3 Å². The molecule has 3 aromatic rings. The minimum Gasteiger partial charge on any atom is -0.495 e. The van der Waals surface area contributed by atoms with E-state index in [0.29, 0.717) is 30.7 Å². The number of rotatable bonds is 6. The average molecular weight is 582 g/mol. The first-order valence-corrected chi connectivity index (χ1v) is 14.4. The van der Waals surface area contributed by atoms with Crippen LogP contribution in [0.5, 0.6) is 5.75 Å². The quantitative estimate of drug-likeness (QED) is 0.337. The molecule has 0 bridgehead atoms. The van der Waals surface area contributed by atoms with Gasteiger partial charge in [0, 0.05) is 48.4 Å². The van der Waals surface area contributed by atoms with Gasteiger partial charge in [0.05, 0.1) is 42.3 Å². The summed E-state index contributed by atoms with van der Waals surface area (Å²) >= 11 is 0. The third kappa shape index (κ3) is 6.37. The van der Waals surface area contributed by atoms with Crippen LogP contribution in [0.2, 0.25) is 0 Å². The fourth-order valence-electron chi connectivity index (χ4n) is 5.12. The first-order chi connectivity index (χ1) is 18.7. The number of aryl methyl sites for hydroxylation is 1. The van der Waals surface area contributed by atoms with Crippen molar-refractivity contribution in [2.75, 3.05) is 45.4 Å². The molecule has 2 atom stereocenters. The Labute approximate surface area is 230 Å². The second-order valence-corrected chi connectivity index (χ2v) is 12.1. The van der Waals surface area contributed by atoms with E-state index in [1.165, 1.54) is 49.1 Å². The molecule has 1 aromatic heterocycles. The minimum absolute atomic E-state index is 0.00121. The van der Waals surface area contributed by atoms with E-state index in [9.17, 15) is 26.7 Å². The maximum absolute atomic E-state index is 15.4. The topological polar surface area (TPSA) is 83.8 Å². The zero-order chi connectivity index (χ0) is 29.4. The van der Waals surface area contributed by atoms with Crippen molar-refractivity contribution in [3.05, 3.63) is 53.0 Å². The summed E-state index contributed by atoms with van der Waals surface area (Å²) < 4.78 is 86.2. The highest BCUT2D eigenvalue weighted by Crippen LogP contribution is 2.36. The molecule has 216 valence electrons. The maximum Gasteiger partial charge on any atom is 0.394 e. The van der Waals surface area contributed by atoms with Gasteiger partial charge in [-0.1, -0.05) is 11.8 Å². The van der Waals surface area contributed by atoms with Crippen molar-refractivity contribution in [2.45, 2.75) is 35.9 Å². The Bertz CT molecular complexity index is 1590. The van der Waals surface area contributed by atoms with Gasteiger partial charge >= 0.3 is 6.18 Å². The number of ether oxygens (including phenoxy) is 1. The van der Waals surface area contributed by atoms with Gasteiger partial charge in [0.2, 0.25) is 0 Å². The monoisotopic (exact) mass is 581 g/mol. The smallest absolute Gasteiger partial charge is 0.394 e. The van der Waals surface area contributed by atoms with Gasteiger partial charge in [-0.05, 0) is 49.8 Å². The van der Waals surface area contributed by atoms with Crippen LogP contribution < -0.4 is 10.1 Å². The lowest BCUT2D eigenvalue weighted by atomic mass is 9.86. The van der Waals surface area contributed by atoms with Crippen molar-refractivity contribution in [3.63, 3.8) is 0 Å². The summed E-state index contributed by atoms with van der Waals surface area (Å²) in [6.45, 7) is 1.04. The molecule has 0 saturated carbocycles. The summed E-state index contributed by atoms with van der Waals surface area (Å²) in [5.41, 5.74) is 1.11.